The average molecular weight is 322 g/mol. The van der Waals surface area contributed by atoms with Crippen molar-refractivity contribution in [1.29, 1.82) is 0 Å². The summed E-state index contributed by atoms with van der Waals surface area (Å²) < 4.78 is 22.6. The highest BCUT2D eigenvalue weighted by atomic mass is 19.1. The van der Waals surface area contributed by atoms with Gasteiger partial charge >= 0.3 is 5.97 Å². The van der Waals surface area contributed by atoms with Crippen molar-refractivity contribution in [2.75, 3.05) is 13.7 Å². The molecule has 7 nitrogen and oxygen atoms in total. The van der Waals surface area contributed by atoms with E-state index in [9.17, 15) is 19.1 Å². The van der Waals surface area contributed by atoms with E-state index in [-0.39, 0.29) is 18.8 Å². The van der Waals surface area contributed by atoms with Crippen molar-refractivity contribution in [3.8, 4) is 0 Å². The van der Waals surface area contributed by atoms with Gasteiger partial charge in [-0.15, -0.1) is 0 Å². The molecule has 0 spiro atoms. The number of carboxylic acids is 1. The molecule has 23 heavy (non-hydrogen) atoms. The third-order valence-corrected chi connectivity index (χ3v) is 3.12. The molecule has 1 aromatic carbocycles. The molecule has 1 unspecified atom stereocenters. The summed E-state index contributed by atoms with van der Waals surface area (Å²) in [6.45, 7) is 0.0138. The van der Waals surface area contributed by atoms with Gasteiger partial charge in [-0.1, -0.05) is 17.3 Å². The second kappa shape index (κ2) is 7.50. The molecule has 8 heteroatoms. The highest BCUT2D eigenvalue weighted by Gasteiger charge is 2.22. The van der Waals surface area contributed by atoms with Crippen LogP contribution in [0.1, 0.15) is 27.7 Å². The van der Waals surface area contributed by atoms with Crippen LogP contribution >= 0.6 is 0 Å². The minimum atomic E-state index is -1.13. The van der Waals surface area contributed by atoms with Gasteiger partial charge in [-0.25, -0.2) is 4.39 Å². The number of carbonyl (C=O) groups is 2. The molecule has 122 valence electrons. The van der Waals surface area contributed by atoms with Crippen molar-refractivity contribution in [3.05, 3.63) is 53.2 Å². The van der Waals surface area contributed by atoms with Gasteiger partial charge in [-0.3, -0.25) is 9.59 Å². The van der Waals surface area contributed by atoms with Crippen LogP contribution in [0.2, 0.25) is 0 Å². The lowest BCUT2D eigenvalue weighted by Gasteiger charge is -2.13. The first-order valence-electron chi connectivity index (χ1n) is 6.72. The topological polar surface area (TPSA) is 102 Å². The minimum Gasteiger partial charge on any atom is -0.481 e. The van der Waals surface area contributed by atoms with Crippen molar-refractivity contribution in [2.45, 2.75) is 12.5 Å². The monoisotopic (exact) mass is 322 g/mol. The van der Waals surface area contributed by atoms with Gasteiger partial charge < -0.3 is 19.7 Å². The minimum absolute atomic E-state index is 0.0281. The van der Waals surface area contributed by atoms with Crippen LogP contribution in [0.25, 0.3) is 0 Å². The number of amides is 1. The third-order valence-electron chi connectivity index (χ3n) is 3.12. The third kappa shape index (κ3) is 4.36. The van der Waals surface area contributed by atoms with Gasteiger partial charge in [0.1, 0.15) is 12.4 Å². The second-order valence-corrected chi connectivity index (χ2v) is 4.76. The highest BCUT2D eigenvalue weighted by molar-refractivity contribution is 5.92. The molecule has 1 heterocycles. The standard InChI is InChI=1S/C15H15FN2O5/c1-22-8-11-6-13(18-23-11)14(19)17-7-12(15(20)21)9-2-4-10(16)5-3-9/h2-6,12H,7-8H2,1H3,(H,17,19)(H,20,21). The maximum absolute atomic E-state index is 12.9. The van der Waals surface area contributed by atoms with Crippen molar-refractivity contribution < 1.29 is 28.3 Å². The van der Waals surface area contributed by atoms with E-state index in [1.165, 1.54) is 37.4 Å². The predicted octanol–water partition coefficient (Wildman–Crippen LogP) is 1.56. The van der Waals surface area contributed by atoms with Crippen LogP contribution in [-0.4, -0.2) is 35.8 Å². The van der Waals surface area contributed by atoms with Gasteiger partial charge in [0.05, 0.1) is 5.92 Å². The van der Waals surface area contributed by atoms with Gasteiger partial charge in [0.25, 0.3) is 5.91 Å². The SMILES string of the molecule is COCc1cc(C(=O)NCC(C(=O)O)c2ccc(F)cc2)no1. The van der Waals surface area contributed by atoms with Crippen molar-refractivity contribution in [1.82, 2.24) is 10.5 Å². The number of benzene rings is 1. The highest BCUT2D eigenvalue weighted by Crippen LogP contribution is 2.16. The van der Waals surface area contributed by atoms with Crippen LogP contribution in [0.5, 0.6) is 0 Å². The number of hydrogen-bond donors (Lipinski definition) is 2. The predicted molar refractivity (Wildman–Crippen MR) is 76.3 cm³/mol. The molecule has 0 fully saturated rings. The summed E-state index contributed by atoms with van der Waals surface area (Å²) in [7, 11) is 1.47. The number of nitrogens with one attached hydrogen (secondary N) is 1. The lowest BCUT2D eigenvalue weighted by atomic mass is 9.99. The number of methoxy groups -OCH3 is 1. The normalized spacial score (nSPS) is 11.9. The molecule has 2 N–H and O–H groups in total. The summed E-state index contributed by atoms with van der Waals surface area (Å²) in [5.74, 6) is -2.77. The molecule has 0 bridgehead atoms. The van der Waals surface area contributed by atoms with Gasteiger partial charge in [0.2, 0.25) is 0 Å². The molecule has 2 rings (SSSR count). The van der Waals surface area contributed by atoms with Gasteiger partial charge in [-0.05, 0) is 17.7 Å². The molecule has 0 aliphatic carbocycles. The fraction of sp³-hybridized carbons (Fsp3) is 0.267. The fourth-order valence-corrected chi connectivity index (χ4v) is 1.96. The smallest absolute Gasteiger partial charge is 0.312 e. The molecule has 0 aliphatic rings. The van der Waals surface area contributed by atoms with Crippen LogP contribution in [0, 0.1) is 5.82 Å². The molecule has 1 amide bonds. The lowest BCUT2D eigenvalue weighted by Crippen LogP contribution is -2.31. The molecule has 1 aromatic heterocycles. The number of ether oxygens (including phenoxy) is 1. The maximum atomic E-state index is 12.9. The number of hydrogen-bond acceptors (Lipinski definition) is 5. The van der Waals surface area contributed by atoms with Crippen molar-refractivity contribution in [2.24, 2.45) is 0 Å². The van der Waals surface area contributed by atoms with Gasteiger partial charge in [-0.2, -0.15) is 0 Å². The number of halogens is 1. The molecule has 0 radical (unpaired) electrons. The van der Waals surface area contributed by atoms with E-state index in [2.05, 4.69) is 10.5 Å². The zero-order chi connectivity index (χ0) is 16.8. The Morgan fingerprint density at radius 3 is 2.70 bits per heavy atom. The zero-order valence-corrected chi connectivity index (χ0v) is 12.3. The molecule has 0 aliphatic heterocycles. The van der Waals surface area contributed by atoms with E-state index in [0.29, 0.717) is 11.3 Å². The number of carbonyl (C=O) groups excluding carboxylic acids is 1. The molecule has 0 saturated heterocycles. The first-order chi connectivity index (χ1) is 11.0. The summed E-state index contributed by atoms with van der Waals surface area (Å²) >= 11 is 0. The number of carboxylic acid groups (broad SMARTS) is 1. The number of rotatable bonds is 7. The largest absolute Gasteiger partial charge is 0.481 e. The average Bonchev–Trinajstić information content (AvgIpc) is 2.98. The molecule has 0 saturated carbocycles. The Bertz CT molecular complexity index is 683. The van der Waals surface area contributed by atoms with Crippen LogP contribution in [0.3, 0.4) is 0 Å². The quantitative estimate of drug-likeness (QED) is 0.802. The Labute approximate surface area is 131 Å². The maximum Gasteiger partial charge on any atom is 0.312 e. The van der Waals surface area contributed by atoms with E-state index < -0.39 is 23.6 Å². The summed E-state index contributed by atoms with van der Waals surface area (Å²) in [5, 5.41) is 15.3. The van der Waals surface area contributed by atoms with E-state index in [0.717, 1.165) is 0 Å². The number of nitrogens with zero attached hydrogens (tertiary/aromatic N) is 1. The van der Waals surface area contributed by atoms with Gasteiger partial charge in [0, 0.05) is 19.7 Å². The first-order valence-corrected chi connectivity index (χ1v) is 6.72. The van der Waals surface area contributed by atoms with E-state index in [1.54, 1.807) is 0 Å². The first kappa shape index (κ1) is 16.6. The van der Waals surface area contributed by atoms with E-state index in [4.69, 9.17) is 9.26 Å². The molecule has 1 atom stereocenters. The Morgan fingerprint density at radius 2 is 2.09 bits per heavy atom. The summed E-state index contributed by atoms with van der Waals surface area (Å²) in [4.78, 5) is 23.3. The summed E-state index contributed by atoms with van der Waals surface area (Å²) in [6, 6.07) is 6.48. The van der Waals surface area contributed by atoms with Crippen LogP contribution in [-0.2, 0) is 16.1 Å². The Hall–Kier alpha value is -2.74. The van der Waals surface area contributed by atoms with Crippen LogP contribution < -0.4 is 5.32 Å². The van der Waals surface area contributed by atoms with Crippen molar-refractivity contribution >= 4 is 11.9 Å². The summed E-state index contributed by atoms with van der Waals surface area (Å²) in [6.07, 6.45) is 0. The Kier molecular flexibility index (Phi) is 5.42. The second-order valence-electron chi connectivity index (χ2n) is 4.76. The Morgan fingerprint density at radius 1 is 1.39 bits per heavy atom. The Balaban J connectivity index is 2.01. The van der Waals surface area contributed by atoms with E-state index >= 15 is 0 Å². The number of aliphatic carboxylic acids is 1. The lowest BCUT2D eigenvalue weighted by molar-refractivity contribution is -0.138. The van der Waals surface area contributed by atoms with Gasteiger partial charge in [0.15, 0.2) is 11.5 Å². The molecule has 2 aromatic rings. The number of aromatic nitrogens is 1. The van der Waals surface area contributed by atoms with Crippen molar-refractivity contribution in [3.63, 3.8) is 0 Å². The van der Waals surface area contributed by atoms with Crippen LogP contribution in [0.15, 0.2) is 34.9 Å². The molecular weight excluding hydrogens is 307 g/mol. The fourth-order valence-electron chi connectivity index (χ4n) is 1.96. The van der Waals surface area contributed by atoms with Crippen LogP contribution in [0.4, 0.5) is 4.39 Å². The molecular formula is C15H15FN2O5. The van der Waals surface area contributed by atoms with E-state index in [1.807, 2.05) is 0 Å². The zero-order valence-electron chi connectivity index (χ0n) is 12.3. The summed E-state index contributed by atoms with van der Waals surface area (Å²) in [5.41, 5.74) is 0.416.